The van der Waals surface area contributed by atoms with E-state index < -0.39 is 11.8 Å². The van der Waals surface area contributed by atoms with Gasteiger partial charge in [-0.15, -0.1) is 0 Å². The van der Waals surface area contributed by atoms with E-state index in [2.05, 4.69) is 21.2 Å². The molecule has 2 amide bonds. The Balaban J connectivity index is 1.66. The van der Waals surface area contributed by atoms with Crippen molar-refractivity contribution in [1.82, 2.24) is 5.32 Å². The van der Waals surface area contributed by atoms with Crippen LogP contribution < -0.4 is 19.7 Å². The quantitative estimate of drug-likeness (QED) is 0.237. The maximum atomic E-state index is 13.3. The summed E-state index contributed by atoms with van der Waals surface area (Å²) >= 11 is 8.83. The fourth-order valence-corrected chi connectivity index (χ4v) is 4.41. The van der Waals surface area contributed by atoms with Gasteiger partial charge in [0.15, 0.2) is 16.6 Å². The summed E-state index contributed by atoms with van der Waals surface area (Å²) < 4.78 is 12.5. The maximum Gasteiger partial charge on any atom is 0.270 e. The van der Waals surface area contributed by atoms with E-state index in [0.717, 1.165) is 11.1 Å². The van der Waals surface area contributed by atoms with Crippen molar-refractivity contribution < 1.29 is 19.1 Å². The second-order valence-corrected chi connectivity index (χ2v) is 9.07. The Kier molecular flexibility index (Phi) is 7.63. The zero-order valence-electron chi connectivity index (χ0n) is 19.2. The van der Waals surface area contributed by atoms with E-state index in [1.807, 2.05) is 56.3 Å². The lowest BCUT2D eigenvalue weighted by Gasteiger charge is -2.29. The molecule has 4 rings (SSSR count). The minimum atomic E-state index is -0.554. The number of hydrogen-bond acceptors (Lipinski definition) is 5. The van der Waals surface area contributed by atoms with Crippen molar-refractivity contribution in [2.24, 2.45) is 0 Å². The second kappa shape index (κ2) is 10.8. The number of aryl methyl sites for hydroxylation is 1. The molecule has 6 nitrogen and oxygen atoms in total. The van der Waals surface area contributed by atoms with Crippen LogP contribution in [0.1, 0.15) is 23.6 Å². The normalized spacial score (nSPS) is 14.8. The molecule has 0 atom stereocenters. The van der Waals surface area contributed by atoms with Gasteiger partial charge in [0, 0.05) is 0 Å². The summed E-state index contributed by atoms with van der Waals surface area (Å²) in [7, 11) is 0. The Morgan fingerprint density at radius 1 is 1.03 bits per heavy atom. The third-order valence-electron chi connectivity index (χ3n) is 5.26. The highest BCUT2D eigenvalue weighted by molar-refractivity contribution is 9.10. The summed E-state index contributed by atoms with van der Waals surface area (Å²) in [5.74, 6) is -0.0121. The molecule has 0 radical (unpaired) electrons. The number of nitrogens with zero attached hydrogens (tertiary/aromatic N) is 1. The van der Waals surface area contributed by atoms with Crippen LogP contribution in [-0.2, 0) is 16.2 Å². The molecule has 0 spiro atoms. The average molecular weight is 551 g/mol. The molecule has 0 aliphatic carbocycles. The van der Waals surface area contributed by atoms with Gasteiger partial charge in [-0.2, -0.15) is 0 Å². The number of nitrogens with one attached hydrogen (secondary N) is 1. The van der Waals surface area contributed by atoms with Crippen molar-refractivity contribution in [2.45, 2.75) is 20.5 Å². The van der Waals surface area contributed by atoms with Gasteiger partial charge in [-0.05, 0) is 83.5 Å². The highest BCUT2D eigenvalue weighted by atomic mass is 79.9. The first-order chi connectivity index (χ1) is 16.9. The highest BCUT2D eigenvalue weighted by Crippen LogP contribution is 2.38. The van der Waals surface area contributed by atoms with Gasteiger partial charge in [-0.25, -0.2) is 0 Å². The Bertz CT molecular complexity index is 1310. The van der Waals surface area contributed by atoms with Crippen LogP contribution in [0.15, 0.2) is 76.8 Å². The molecule has 0 unspecified atom stereocenters. The number of ether oxygens (including phenoxy) is 2. The van der Waals surface area contributed by atoms with E-state index >= 15 is 0 Å². The van der Waals surface area contributed by atoms with E-state index in [4.69, 9.17) is 21.7 Å². The van der Waals surface area contributed by atoms with Crippen molar-refractivity contribution in [3.8, 4) is 11.5 Å². The number of benzene rings is 3. The molecule has 1 aliphatic rings. The number of rotatable bonds is 7. The monoisotopic (exact) mass is 550 g/mol. The predicted molar refractivity (Wildman–Crippen MR) is 143 cm³/mol. The van der Waals surface area contributed by atoms with Crippen molar-refractivity contribution in [3.05, 3.63) is 93.5 Å². The first-order valence-electron chi connectivity index (χ1n) is 11.0. The molecule has 1 heterocycles. The molecule has 1 fully saturated rings. The van der Waals surface area contributed by atoms with Crippen molar-refractivity contribution in [3.63, 3.8) is 0 Å². The standard InChI is InChI=1S/C27H23BrN2O4S/c1-3-33-23-15-19(14-22(28)24(23)34-16-18-7-5-4-6-8-18)13-21-25(31)29-27(35)30(26(21)32)20-11-9-17(2)10-12-20/h4-15H,3,16H2,1-2H3,(H,29,31,35)/b21-13+. The number of carbonyl (C=O) groups is 2. The van der Waals surface area contributed by atoms with Crippen LogP contribution >= 0.6 is 28.1 Å². The molecule has 1 aliphatic heterocycles. The topological polar surface area (TPSA) is 67.9 Å². The molecule has 0 saturated carbocycles. The molecule has 0 bridgehead atoms. The summed E-state index contributed by atoms with van der Waals surface area (Å²) in [6.07, 6.45) is 1.52. The lowest BCUT2D eigenvalue weighted by Crippen LogP contribution is -2.54. The van der Waals surface area contributed by atoms with E-state index in [-0.39, 0.29) is 10.7 Å². The Hall–Kier alpha value is -3.49. The minimum absolute atomic E-state index is 0.0357. The van der Waals surface area contributed by atoms with E-state index in [1.54, 1.807) is 24.3 Å². The van der Waals surface area contributed by atoms with Crippen molar-refractivity contribution >= 4 is 56.8 Å². The summed E-state index contributed by atoms with van der Waals surface area (Å²) in [6, 6.07) is 20.7. The van der Waals surface area contributed by atoms with E-state index in [0.29, 0.717) is 40.4 Å². The number of anilines is 1. The van der Waals surface area contributed by atoms with Crippen LogP contribution in [0.2, 0.25) is 0 Å². The summed E-state index contributed by atoms with van der Waals surface area (Å²) in [6.45, 7) is 4.61. The fraction of sp³-hybridized carbons (Fsp3) is 0.148. The first-order valence-corrected chi connectivity index (χ1v) is 12.2. The van der Waals surface area contributed by atoms with Crippen LogP contribution in [0.3, 0.4) is 0 Å². The molecular weight excluding hydrogens is 528 g/mol. The Morgan fingerprint density at radius 2 is 1.74 bits per heavy atom. The Morgan fingerprint density at radius 3 is 2.43 bits per heavy atom. The smallest absolute Gasteiger partial charge is 0.270 e. The summed E-state index contributed by atoms with van der Waals surface area (Å²) in [4.78, 5) is 27.3. The van der Waals surface area contributed by atoms with Crippen molar-refractivity contribution in [1.29, 1.82) is 0 Å². The van der Waals surface area contributed by atoms with E-state index in [9.17, 15) is 9.59 Å². The molecule has 35 heavy (non-hydrogen) atoms. The van der Waals surface area contributed by atoms with Gasteiger partial charge >= 0.3 is 0 Å². The first kappa shape index (κ1) is 24.6. The predicted octanol–water partition coefficient (Wildman–Crippen LogP) is 5.57. The van der Waals surface area contributed by atoms with Gasteiger partial charge in [0.05, 0.1) is 16.8 Å². The van der Waals surface area contributed by atoms with E-state index in [1.165, 1.54) is 11.0 Å². The number of hydrogen-bond donors (Lipinski definition) is 1. The Labute approximate surface area is 217 Å². The third kappa shape index (κ3) is 5.61. The molecule has 0 aromatic heterocycles. The van der Waals surface area contributed by atoms with Crippen LogP contribution in [-0.4, -0.2) is 23.5 Å². The second-order valence-electron chi connectivity index (χ2n) is 7.83. The molecule has 1 saturated heterocycles. The third-order valence-corrected chi connectivity index (χ3v) is 6.14. The SMILES string of the molecule is CCOc1cc(/C=C2\C(=O)NC(=S)N(c3ccc(C)cc3)C2=O)cc(Br)c1OCc1ccccc1. The molecule has 1 N–H and O–H groups in total. The molecule has 178 valence electrons. The zero-order valence-corrected chi connectivity index (χ0v) is 21.6. The molecular formula is C27H23BrN2O4S. The molecule has 3 aromatic carbocycles. The molecule has 3 aromatic rings. The lowest BCUT2D eigenvalue weighted by atomic mass is 10.1. The largest absolute Gasteiger partial charge is 0.490 e. The molecule has 8 heteroatoms. The van der Waals surface area contributed by atoms with Gasteiger partial charge in [0.25, 0.3) is 11.8 Å². The van der Waals surface area contributed by atoms with Crippen LogP contribution in [0.25, 0.3) is 6.08 Å². The van der Waals surface area contributed by atoms with Gasteiger partial charge in [-0.1, -0.05) is 48.0 Å². The number of carbonyl (C=O) groups excluding carboxylic acids is 2. The van der Waals surface area contributed by atoms with Gasteiger partial charge in [0.1, 0.15) is 12.2 Å². The minimum Gasteiger partial charge on any atom is -0.490 e. The summed E-state index contributed by atoms with van der Waals surface area (Å²) in [5.41, 5.74) is 3.21. The van der Waals surface area contributed by atoms with Gasteiger partial charge in [-0.3, -0.25) is 19.8 Å². The van der Waals surface area contributed by atoms with Crippen LogP contribution in [0.4, 0.5) is 5.69 Å². The van der Waals surface area contributed by atoms with Gasteiger partial charge < -0.3 is 9.47 Å². The van der Waals surface area contributed by atoms with Crippen LogP contribution in [0.5, 0.6) is 11.5 Å². The van der Waals surface area contributed by atoms with Gasteiger partial charge in [0.2, 0.25) is 0 Å². The maximum absolute atomic E-state index is 13.3. The lowest BCUT2D eigenvalue weighted by molar-refractivity contribution is -0.122. The number of amides is 2. The summed E-state index contributed by atoms with van der Waals surface area (Å²) in [5, 5.41) is 2.65. The zero-order chi connectivity index (χ0) is 24.9. The average Bonchev–Trinajstić information content (AvgIpc) is 2.83. The number of halogens is 1. The van der Waals surface area contributed by atoms with Crippen molar-refractivity contribution in [2.75, 3.05) is 11.5 Å². The number of thiocarbonyl (C=S) groups is 1. The van der Waals surface area contributed by atoms with Crippen LogP contribution in [0, 0.1) is 6.92 Å². The fourth-order valence-electron chi connectivity index (χ4n) is 3.56. The highest BCUT2D eigenvalue weighted by Gasteiger charge is 2.34.